The van der Waals surface area contributed by atoms with E-state index in [0.717, 1.165) is 24.0 Å². The molecule has 2 aliphatic carbocycles. The minimum absolute atomic E-state index is 0.0666. The normalized spacial score (nSPS) is 34.2. The van der Waals surface area contributed by atoms with Crippen LogP contribution in [0, 0.1) is 16.7 Å². The molecule has 0 saturated heterocycles. The van der Waals surface area contributed by atoms with E-state index in [1.165, 1.54) is 0 Å². The summed E-state index contributed by atoms with van der Waals surface area (Å²) in [5, 5.41) is 0.716. The minimum Gasteiger partial charge on any atom is -0.294 e. The van der Waals surface area contributed by atoms with Crippen molar-refractivity contribution < 1.29 is 4.79 Å². The van der Waals surface area contributed by atoms with Crippen molar-refractivity contribution in [1.29, 1.82) is 0 Å². The Morgan fingerprint density at radius 1 is 1.26 bits per heavy atom. The molecule has 19 heavy (non-hydrogen) atoms. The molecule has 0 aromatic heterocycles. The Kier molecular flexibility index (Phi) is 2.69. The summed E-state index contributed by atoms with van der Waals surface area (Å²) < 4.78 is 0. The topological polar surface area (TPSA) is 17.1 Å². The Morgan fingerprint density at radius 2 is 1.95 bits per heavy atom. The van der Waals surface area contributed by atoms with Gasteiger partial charge in [0, 0.05) is 16.0 Å². The predicted molar refractivity (Wildman–Crippen MR) is 79.0 cm³/mol. The van der Waals surface area contributed by atoms with Gasteiger partial charge in [-0.2, -0.15) is 0 Å². The molecule has 0 radical (unpaired) electrons. The van der Waals surface area contributed by atoms with Crippen molar-refractivity contribution in [3.63, 3.8) is 0 Å². The van der Waals surface area contributed by atoms with Gasteiger partial charge in [-0.25, -0.2) is 0 Å². The quantitative estimate of drug-likeness (QED) is 0.676. The summed E-state index contributed by atoms with van der Waals surface area (Å²) >= 11 is 6.20. The fourth-order valence-electron chi connectivity index (χ4n) is 3.85. The molecule has 1 aromatic carbocycles. The fourth-order valence-corrected chi connectivity index (χ4v) is 4.04. The summed E-state index contributed by atoms with van der Waals surface area (Å²) in [5.74, 6) is 0.704. The van der Waals surface area contributed by atoms with E-state index < -0.39 is 0 Å². The average molecular weight is 275 g/mol. The van der Waals surface area contributed by atoms with E-state index in [-0.39, 0.29) is 10.8 Å². The van der Waals surface area contributed by atoms with Crippen LogP contribution in [0.25, 0.3) is 6.08 Å². The summed E-state index contributed by atoms with van der Waals surface area (Å²) in [6, 6.07) is 7.73. The molecule has 0 N–H and O–H groups in total. The van der Waals surface area contributed by atoms with Gasteiger partial charge in [0.2, 0.25) is 0 Å². The van der Waals surface area contributed by atoms with Gasteiger partial charge in [-0.15, -0.1) is 0 Å². The van der Waals surface area contributed by atoms with Gasteiger partial charge < -0.3 is 0 Å². The third-order valence-electron chi connectivity index (χ3n) is 5.58. The molecule has 1 aromatic rings. The van der Waals surface area contributed by atoms with E-state index in [1.807, 2.05) is 30.3 Å². The van der Waals surface area contributed by atoms with Gasteiger partial charge in [0.1, 0.15) is 0 Å². The number of Topliss-reactive ketones (excluding diaryl/α,β-unsaturated/α-hetero) is 1. The summed E-state index contributed by atoms with van der Waals surface area (Å²) in [6.07, 6.45) is 4.15. The fraction of sp³-hybridized carbons (Fsp3) is 0.471. The average Bonchev–Trinajstić information content (AvgIpc) is 2.66. The first kappa shape index (κ1) is 12.9. The van der Waals surface area contributed by atoms with Crippen LogP contribution in [0.5, 0.6) is 0 Å². The summed E-state index contributed by atoms with van der Waals surface area (Å²) in [5.41, 5.74) is 1.81. The van der Waals surface area contributed by atoms with E-state index in [0.29, 0.717) is 16.7 Å². The minimum atomic E-state index is -0.190. The van der Waals surface area contributed by atoms with Crippen molar-refractivity contribution in [2.45, 2.75) is 33.6 Å². The van der Waals surface area contributed by atoms with Crippen molar-refractivity contribution in [1.82, 2.24) is 0 Å². The smallest absolute Gasteiger partial charge is 0.165 e. The van der Waals surface area contributed by atoms with Gasteiger partial charge in [0.25, 0.3) is 0 Å². The molecule has 2 atom stereocenters. The highest BCUT2D eigenvalue weighted by Gasteiger charge is 2.63. The number of carbonyl (C=O) groups is 1. The first-order valence-electron chi connectivity index (χ1n) is 6.89. The number of allylic oxidation sites excluding steroid dienone is 1. The highest BCUT2D eigenvalue weighted by Crippen LogP contribution is 2.65. The second kappa shape index (κ2) is 3.96. The SMILES string of the molecule is CC12CCC(/C(=C/c3ccccc3Cl)C1=O)C2(C)C. The van der Waals surface area contributed by atoms with E-state index >= 15 is 0 Å². The molecular formula is C17H19ClO. The Labute approximate surface area is 119 Å². The lowest BCUT2D eigenvalue weighted by Gasteiger charge is -2.31. The van der Waals surface area contributed by atoms with Crippen LogP contribution < -0.4 is 0 Å². The molecular weight excluding hydrogens is 256 g/mol. The van der Waals surface area contributed by atoms with Gasteiger partial charge in [0.05, 0.1) is 0 Å². The number of halogens is 1. The lowest BCUT2D eigenvalue weighted by molar-refractivity contribution is -0.125. The standard InChI is InChI=1S/C17H19ClO/c1-16(2)13-8-9-17(16,3)15(19)12(13)10-11-6-4-5-7-14(11)18/h4-7,10,13H,8-9H2,1-3H3/b12-10-. The summed E-state index contributed by atoms with van der Waals surface area (Å²) in [6.45, 7) is 6.59. The third kappa shape index (κ3) is 1.57. The summed E-state index contributed by atoms with van der Waals surface area (Å²) in [7, 11) is 0. The third-order valence-corrected chi connectivity index (χ3v) is 5.93. The molecule has 2 fully saturated rings. The van der Waals surface area contributed by atoms with Crippen molar-refractivity contribution in [3.8, 4) is 0 Å². The van der Waals surface area contributed by atoms with Gasteiger partial charge in [-0.3, -0.25) is 4.79 Å². The first-order chi connectivity index (χ1) is 8.88. The lowest BCUT2D eigenvalue weighted by Crippen LogP contribution is -2.32. The van der Waals surface area contributed by atoms with Gasteiger partial charge in [-0.1, -0.05) is 50.6 Å². The zero-order valence-electron chi connectivity index (χ0n) is 11.7. The van der Waals surface area contributed by atoms with Crippen molar-refractivity contribution in [3.05, 3.63) is 40.4 Å². The second-order valence-electron chi connectivity index (χ2n) is 6.60. The lowest BCUT2D eigenvalue weighted by atomic mass is 9.70. The van der Waals surface area contributed by atoms with Crippen LogP contribution in [-0.4, -0.2) is 5.78 Å². The van der Waals surface area contributed by atoms with Crippen LogP contribution in [0.2, 0.25) is 5.02 Å². The van der Waals surface area contributed by atoms with Crippen LogP contribution in [0.15, 0.2) is 29.8 Å². The number of hydrogen-bond donors (Lipinski definition) is 0. The zero-order chi connectivity index (χ0) is 13.8. The monoisotopic (exact) mass is 274 g/mol. The molecule has 0 aliphatic heterocycles. The van der Waals surface area contributed by atoms with Gasteiger partial charge in [0.15, 0.2) is 5.78 Å². The Morgan fingerprint density at radius 3 is 2.53 bits per heavy atom. The van der Waals surface area contributed by atoms with Crippen LogP contribution >= 0.6 is 11.6 Å². The molecule has 2 bridgehead atoms. The van der Waals surface area contributed by atoms with Crippen LogP contribution in [-0.2, 0) is 4.79 Å². The Bertz CT molecular complexity index is 585. The molecule has 0 heterocycles. The van der Waals surface area contributed by atoms with Crippen LogP contribution in [0.1, 0.15) is 39.2 Å². The molecule has 100 valence electrons. The number of rotatable bonds is 1. The maximum absolute atomic E-state index is 12.7. The molecule has 2 heteroatoms. The molecule has 2 saturated carbocycles. The van der Waals surface area contributed by atoms with E-state index in [2.05, 4.69) is 20.8 Å². The molecule has 0 amide bonds. The maximum atomic E-state index is 12.7. The number of hydrogen-bond acceptors (Lipinski definition) is 1. The predicted octanol–water partition coefficient (Wildman–Crippen LogP) is 4.75. The highest BCUT2D eigenvalue weighted by atomic mass is 35.5. The molecule has 0 spiro atoms. The number of carbonyl (C=O) groups excluding carboxylic acids is 1. The molecule has 2 aliphatic rings. The summed E-state index contributed by atoms with van der Waals surface area (Å²) in [4.78, 5) is 12.7. The molecule has 1 nitrogen and oxygen atoms in total. The van der Waals surface area contributed by atoms with Crippen LogP contribution in [0.3, 0.4) is 0 Å². The van der Waals surface area contributed by atoms with Gasteiger partial charge >= 0.3 is 0 Å². The highest BCUT2D eigenvalue weighted by molar-refractivity contribution is 6.32. The maximum Gasteiger partial charge on any atom is 0.165 e. The molecule has 3 rings (SSSR count). The number of ketones is 1. The largest absolute Gasteiger partial charge is 0.294 e. The number of benzene rings is 1. The molecule has 2 unspecified atom stereocenters. The first-order valence-corrected chi connectivity index (χ1v) is 7.26. The Hall–Kier alpha value is -1.08. The zero-order valence-corrected chi connectivity index (χ0v) is 12.4. The second-order valence-corrected chi connectivity index (χ2v) is 7.00. The van der Waals surface area contributed by atoms with Crippen LogP contribution in [0.4, 0.5) is 0 Å². The number of fused-ring (bicyclic) bond motifs is 2. The Balaban J connectivity index is 2.10. The van der Waals surface area contributed by atoms with Crippen molar-refractivity contribution in [2.75, 3.05) is 0 Å². The van der Waals surface area contributed by atoms with E-state index in [9.17, 15) is 4.79 Å². The van der Waals surface area contributed by atoms with E-state index in [4.69, 9.17) is 11.6 Å². The van der Waals surface area contributed by atoms with Gasteiger partial charge in [-0.05, 0) is 41.9 Å². The van der Waals surface area contributed by atoms with Crippen molar-refractivity contribution in [2.24, 2.45) is 16.7 Å². The van der Waals surface area contributed by atoms with E-state index in [1.54, 1.807) is 0 Å². The van der Waals surface area contributed by atoms with Crippen molar-refractivity contribution >= 4 is 23.5 Å².